The van der Waals surface area contributed by atoms with E-state index >= 15 is 0 Å². The summed E-state index contributed by atoms with van der Waals surface area (Å²) in [5.41, 5.74) is 5.76. The third-order valence-electron chi connectivity index (χ3n) is 6.69. The summed E-state index contributed by atoms with van der Waals surface area (Å²) in [6, 6.07) is 9.19. The van der Waals surface area contributed by atoms with Crippen LogP contribution < -0.4 is 21.1 Å². The van der Waals surface area contributed by atoms with Crippen LogP contribution in [0.2, 0.25) is 0 Å². The molecule has 0 spiro atoms. The molecular weight excluding hydrogens is 552 g/mol. The van der Waals surface area contributed by atoms with Gasteiger partial charge in [-0.2, -0.15) is 0 Å². The summed E-state index contributed by atoms with van der Waals surface area (Å²) in [4.78, 5) is 54.1. The van der Waals surface area contributed by atoms with Gasteiger partial charge in [0, 0.05) is 24.2 Å². The zero-order valence-corrected chi connectivity index (χ0v) is 26.1. The number of hydrogen-bond donors (Lipinski definition) is 4. The minimum atomic E-state index is -1.27. The number of primary amides is 1. The molecule has 0 fully saturated rings. The Bertz CT molecular complexity index is 1240. The molecule has 2 aromatic rings. The SMILES string of the molecule is CCCCCCN(C(=O)C(CCC(N)=O)NC(=O)OC(C)(C)C)C(C(=O)Nc1ccc(OC)cc1)c1cccc(C)c1O. The van der Waals surface area contributed by atoms with Gasteiger partial charge in [0.15, 0.2) is 0 Å². The molecule has 0 aliphatic rings. The van der Waals surface area contributed by atoms with Crippen molar-refractivity contribution in [2.45, 2.75) is 90.8 Å². The number of nitrogens with zero attached hydrogens (tertiary/aromatic N) is 1. The minimum Gasteiger partial charge on any atom is -0.507 e. The molecule has 2 atom stereocenters. The number of nitrogens with two attached hydrogens (primary N) is 1. The maximum absolute atomic E-state index is 14.3. The van der Waals surface area contributed by atoms with E-state index in [1.807, 2.05) is 0 Å². The maximum atomic E-state index is 14.3. The number of carbonyl (C=O) groups excluding carboxylic acids is 4. The highest BCUT2D eigenvalue weighted by Gasteiger charge is 2.37. The van der Waals surface area contributed by atoms with Gasteiger partial charge in [0.25, 0.3) is 5.91 Å². The number of nitrogens with one attached hydrogen (secondary N) is 2. The molecule has 0 radical (unpaired) electrons. The molecule has 2 unspecified atom stereocenters. The van der Waals surface area contributed by atoms with Crippen molar-refractivity contribution in [2.75, 3.05) is 19.0 Å². The summed E-state index contributed by atoms with van der Waals surface area (Å²) >= 11 is 0. The van der Waals surface area contributed by atoms with Crippen LogP contribution in [-0.2, 0) is 19.1 Å². The highest BCUT2D eigenvalue weighted by molar-refractivity contribution is 5.99. The smallest absolute Gasteiger partial charge is 0.408 e. The van der Waals surface area contributed by atoms with Gasteiger partial charge in [0.05, 0.1) is 7.11 Å². The van der Waals surface area contributed by atoms with Crippen LogP contribution in [-0.4, -0.2) is 59.1 Å². The first-order chi connectivity index (χ1) is 20.3. The van der Waals surface area contributed by atoms with E-state index in [2.05, 4.69) is 17.6 Å². The Morgan fingerprint density at radius 2 is 1.70 bits per heavy atom. The Morgan fingerprint density at radius 1 is 1.02 bits per heavy atom. The molecule has 0 aliphatic heterocycles. The molecule has 0 saturated carbocycles. The molecule has 2 aromatic carbocycles. The number of aromatic hydroxyl groups is 1. The van der Waals surface area contributed by atoms with Gasteiger partial charge in [-0.25, -0.2) is 4.79 Å². The van der Waals surface area contributed by atoms with E-state index in [-0.39, 0.29) is 30.7 Å². The summed E-state index contributed by atoms with van der Waals surface area (Å²) in [6.07, 6.45) is 2.08. The van der Waals surface area contributed by atoms with Gasteiger partial charge in [0.2, 0.25) is 11.8 Å². The fraction of sp³-hybridized carbons (Fsp3) is 0.500. The topological polar surface area (TPSA) is 160 Å². The van der Waals surface area contributed by atoms with Crippen LogP contribution in [0.15, 0.2) is 42.5 Å². The second kappa shape index (κ2) is 16.4. The Labute approximate surface area is 254 Å². The molecule has 0 heterocycles. The van der Waals surface area contributed by atoms with Crippen LogP contribution in [0.1, 0.15) is 83.4 Å². The van der Waals surface area contributed by atoms with Gasteiger partial charge in [-0.05, 0) is 70.4 Å². The van der Waals surface area contributed by atoms with E-state index in [0.717, 1.165) is 19.3 Å². The maximum Gasteiger partial charge on any atom is 0.408 e. The highest BCUT2D eigenvalue weighted by Crippen LogP contribution is 2.34. The average Bonchev–Trinajstić information content (AvgIpc) is 2.93. The summed E-state index contributed by atoms with van der Waals surface area (Å²) in [6.45, 7) is 8.97. The van der Waals surface area contributed by atoms with Crippen LogP contribution >= 0.6 is 0 Å². The lowest BCUT2D eigenvalue weighted by molar-refractivity contribution is -0.141. The zero-order chi connectivity index (χ0) is 32.2. The van der Waals surface area contributed by atoms with Crippen molar-refractivity contribution >= 4 is 29.5 Å². The number of amides is 4. The first kappa shape index (κ1) is 34.9. The normalized spacial score (nSPS) is 12.5. The predicted molar refractivity (Wildman–Crippen MR) is 165 cm³/mol. The number of benzene rings is 2. The van der Waals surface area contributed by atoms with Crippen molar-refractivity contribution in [1.29, 1.82) is 0 Å². The molecule has 0 saturated heterocycles. The van der Waals surface area contributed by atoms with Crippen molar-refractivity contribution < 1.29 is 33.8 Å². The van der Waals surface area contributed by atoms with Crippen molar-refractivity contribution in [3.05, 3.63) is 53.6 Å². The summed E-state index contributed by atoms with van der Waals surface area (Å²) < 4.78 is 10.6. The monoisotopic (exact) mass is 598 g/mol. The third-order valence-corrected chi connectivity index (χ3v) is 6.69. The Morgan fingerprint density at radius 3 is 2.28 bits per heavy atom. The lowest BCUT2D eigenvalue weighted by Crippen LogP contribution is -2.52. The van der Waals surface area contributed by atoms with Gasteiger partial charge in [-0.3, -0.25) is 14.4 Å². The van der Waals surface area contributed by atoms with Crippen molar-refractivity contribution in [3.63, 3.8) is 0 Å². The molecule has 0 aliphatic carbocycles. The third kappa shape index (κ3) is 11.1. The number of phenolic OH excluding ortho intramolecular Hbond substituents is 1. The number of rotatable bonds is 15. The lowest BCUT2D eigenvalue weighted by atomic mass is 9.98. The van der Waals surface area contributed by atoms with E-state index in [1.165, 1.54) is 12.0 Å². The second-order valence-corrected chi connectivity index (χ2v) is 11.4. The van der Waals surface area contributed by atoms with Crippen LogP contribution in [0.3, 0.4) is 0 Å². The molecule has 43 heavy (non-hydrogen) atoms. The molecule has 236 valence electrons. The standard InChI is InChI=1S/C32H46N4O7/c1-7-8-9-10-20-36(30(40)25(18-19-26(33)37)35-31(41)43-32(3,4)5)27(24-13-11-12-21(2)28(24)38)29(39)34-22-14-16-23(42-6)17-15-22/h11-17,25,27,38H,7-10,18-20H2,1-6H3,(H2,33,37)(H,34,39)(H,35,41). The molecule has 11 nitrogen and oxygen atoms in total. The summed E-state index contributed by atoms with van der Waals surface area (Å²) in [5, 5.41) is 16.5. The quantitative estimate of drug-likeness (QED) is 0.211. The Hall–Kier alpha value is -4.28. The largest absolute Gasteiger partial charge is 0.507 e. The van der Waals surface area contributed by atoms with Crippen LogP contribution in [0.25, 0.3) is 0 Å². The van der Waals surface area contributed by atoms with Crippen LogP contribution in [0.5, 0.6) is 11.5 Å². The Kier molecular flexibility index (Phi) is 13.3. The molecule has 0 aromatic heterocycles. The Balaban J connectivity index is 2.60. The van der Waals surface area contributed by atoms with Gasteiger partial charge < -0.3 is 35.8 Å². The summed E-state index contributed by atoms with van der Waals surface area (Å²) in [7, 11) is 1.53. The average molecular weight is 599 g/mol. The summed E-state index contributed by atoms with van der Waals surface area (Å²) in [5.74, 6) is -1.36. The van der Waals surface area contributed by atoms with Crippen LogP contribution in [0, 0.1) is 6.92 Å². The lowest BCUT2D eigenvalue weighted by Gasteiger charge is -2.35. The molecule has 0 bridgehead atoms. The molecular formula is C32H46N4O7. The van der Waals surface area contributed by atoms with Gasteiger partial charge in [-0.15, -0.1) is 0 Å². The molecule has 5 N–H and O–H groups in total. The molecule has 11 heteroatoms. The van der Waals surface area contributed by atoms with Crippen LogP contribution in [0.4, 0.5) is 10.5 Å². The van der Waals surface area contributed by atoms with Gasteiger partial charge in [-0.1, -0.05) is 44.4 Å². The minimum absolute atomic E-state index is 0.106. The van der Waals surface area contributed by atoms with Crippen molar-refractivity contribution in [3.8, 4) is 11.5 Å². The molecule has 2 rings (SSSR count). The number of anilines is 1. The molecule has 4 amide bonds. The number of unbranched alkanes of at least 4 members (excludes halogenated alkanes) is 3. The van der Waals surface area contributed by atoms with E-state index < -0.39 is 41.5 Å². The number of carbonyl (C=O) groups is 4. The number of alkyl carbamates (subject to hydrolysis) is 1. The number of ether oxygens (including phenoxy) is 2. The van der Waals surface area contributed by atoms with E-state index in [0.29, 0.717) is 23.4 Å². The fourth-order valence-electron chi connectivity index (χ4n) is 4.51. The van der Waals surface area contributed by atoms with E-state index in [4.69, 9.17) is 15.2 Å². The van der Waals surface area contributed by atoms with Gasteiger partial charge >= 0.3 is 6.09 Å². The predicted octanol–water partition coefficient (Wildman–Crippen LogP) is 4.96. The van der Waals surface area contributed by atoms with Crippen molar-refractivity contribution in [1.82, 2.24) is 10.2 Å². The number of para-hydroxylation sites is 1. The number of hydrogen-bond acceptors (Lipinski definition) is 7. The fourth-order valence-corrected chi connectivity index (χ4v) is 4.51. The number of methoxy groups -OCH3 is 1. The highest BCUT2D eigenvalue weighted by atomic mass is 16.6. The van der Waals surface area contributed by atoms with E-state index in [1.54, 1.807) is 70.2 Å². The first-order valence-corrected chi connectivity index (χ1v) is 14.6. The van der Waals surface area contributed by atoms with Gasteiger partial charge in [0.1, 0.15) is 29.2 Å². The number of aryl methyl sites for hydroxylation is 1. The second-order valence-electron chi connectivity index (χ2n) is 11.4. The van der Waals surface area contributed by atoms with E-state index in [9.17, 15) is 24.3 Å². The zero-order valence-electron chi connectivity index (χ0n) is 26.1. The van der Waals surface area contributed by atoms with Crippen molar-refractivity contribution in [2.24, 2.45) is 5.73 Å². The first-order valence-electron chi connectivity index (χ1n) is 14.6. The number of phenols is 1.